The molecule has 1 fully saturated rings. The van der Waals surface area contributed by atoms with E-state index in [0.717, 1.165) is 12.0 Å². The molecule has 9 heteroatoms. The summed E-state index contributed by atoms with van der Waals surface area (Å²) in [4.78, 5) is 29.3. The van der Waals surface area contributed by atoms with Gasteiger partial charge in [-0.3, -0.25) is 9.78 Å². The number of rotatable bonds is 4. The zero-order valence-corrected chi connectivity index (χ0v) is 14.2. The van der Waals surface area contributed by atoms with Crippen LogP contribution in [0.5, 0.6) is 0 Å². The molecule has 1 unspecified atom stereocenters. The van der Waals surface area contributed by atoms with Crippen molar-refractivity contribution in [1.29, 1.82) is 0 Å². The van der Waals surface area contributed by atoms with Crippen LogP contribution in [0.2, 0.25) is 0 Å². The first-order valence-electron chi connectivity index (χ1n) is 8.40. The summed E-state index contributed by atoms with van der Waals surface area (Å²) in [5.74, 6) is 0.160. The maximum absolute atomic E-state index is 12.8. The molecule has 9 nitrogen and oxygen atoms in total. The highest BCUT2D eigenvalue weighted by Gasteiger charge is 2.32. The summed E-state index contributed by atoms with van der Waals surface area (Å²) in [5, 5.41) is 3.08. The lowest BCUT2D eigenvalue weighted by atomic mass is 10.0. The molecular weight excluding hydrogens is 334 g/mol. The number of hydrogen-bond donors (Lipinski definition) is 2. The second-order valence-corrected chi connectivity index (χ2v) is 6.24. The maximum atomic E-state index is 12.8. The van der Waals surface area contributed by atoms with Gasteiger partial charge in [-0.05, 0) is 19.4 Å². The molecule has 3 aromatic rings. The highest BCUT2D eigenvalue weighted by atomic mass is 16.5. The Morgan fingerprint density at radius 1 is 1.42 bits per heavy atom. The number of nitrogens with two attached hydrogens (primary N) is 1. The predicted octanol–water partition coefficient (Wildman–Crippen LogP) is 1.01. The third kappa shape index (κ3) is 2.86. The highest BCUT2D eigenvalue weighted by molar-refractivity contribution is 5.85. The molecule has 0 bridgehead atoms. The number of hydrogen-bond acceptors (Lipinski definition) is 7. The molecule has 1 saturated heterocycles. The van der Waals surface area contributed by atoms with Gasteiger partial charge in [0.25, 0.3) is 0 Å². The Kier molecular flexibility index (Phi) is 4.21. The summed E-state index contributed by atoms with van der Waals surface area (Å²) in [5.41, 5.74) is 7.79. The molecule has 1 aliphatic rings. The van der Waals surface area contributed by atoms with Crippen LogP contribution in [-0.4, -0.2) is 43.1 Å². The second-order valence-electron chi connectivity index (χ2n) is 6.24. The van der Waals surface area contributed by atoms with Crippen LogP contribution >= 0.6 is 0 Å². The van der Waals surface area contributed by atoms with Crippen molar-refractivity contribution in [3.8, 4) is 0 Å². The number of amides is 1. The van der Waals surface area contributed by atoms with Crippen molar-refractivity contribution in [2.75, 3.05) is 12.3 Å². The van der Waals surface area contributed by atoms with E-state index in [1.165, 1.54) is 6.33 Å². The van der Waals surface area contributed by atoms with Gasteiger partial charge in [-0.15, -0.1) is 0 Å². The Hall–Kier alpha value is -3.07. The largest absolute Gasteiger partial charge is 0.382 e. The van der Waals surface area contributed by atoms with E-state index in [1.807, 2.05) is 12.1 Å². The van der Waals surface area contributed by atoms with Gasteiger partial charge in [-0.1, -0.05) is 6.07 Å². The van der Waals surface area contributed by atoms with Crippen molar-refractivity contribution in [3.63, 3.8) is 0 Å². The smallest absolute Gasteiger partial charge is 0.243 e. The number of nitrogens with zero attached hydrogens (tertiary/aromatic N) is 5. The van der Waals surface area contributed by atoms with Gasteiger partial charge in [0.2, 0.25) is 5.91 Å². The third-order valence-corrected chi connectivity index (χ3v) is 4.62. The van der Waals surface area contributed by atoms with E-state index >= 15 is 0 Å². The first-order valence-corrected chi connectivity index (χ1v) is 8.40. The van der Waals surface area contributed by atoms with Crippen molar-refractivity contribution in [3.05, 3.63) is 42.7 Å². The molecule has 3 atom stereocenters. The van der Waals surface area contributed by atoms with E-state index in [1.54, 1.807) is 30.2 Å². The van der Waals surface area contributed by atoms with Crippen LogP contribution < -0.4 is 11.1 Å². The standard InChI is InChI=1S/C17H19N7O2/c1-10(24-9-22-13-15(18)20-8-21-16(13)24)17(25)23-12-4-6-26-14(12)11-3-2-5-19-7-11/h2-3,5,7-10,12,14H,4,6H2,1H3,(H,23,25)(H2,18,20,21)/t10?,12-,14+/m1/s1. The fourth-order valence-corrected chi connectivity index (χ4v) is 3.19. The minimum atomic E-state index is -0.496. The van der Waals surface area contributed by atoms with Crippen LogP contribution in [0, 0.1) is 0 Å². The number of fused-ring (bicyclic) bond motifs is 1. The molecule has 0 aromatic carbocycles. The van der Waals surface area contributed by atoms with E-state index in [2.05, 4.69) is 25.3 Å². The number of aromatic nitrogens is 5. The van der Waals surface area contributed by atoms with Gasteiger partial charge in [0.1, 0.15) is 24.0 Å². The number of pyridine rings is 1. The summed E-state index contributed by atoms with van der Waals surface area (Å²) in [6.07, 6.45) is 6.95. The molecule has 0 spiro atoms. The lowest BCUT2D eigenvalue weighted by molar-refractivity contribution is -0.125. The number of nitrogen functional groups attached to an aromatic ring is 1. The monoisotopic (exact) mass is 353 g/mol. The third-order valence-electron chi connectivity index (χ3n) is 4.62. The average molecular weight is 353 g/mol. The topological polar surface area (TPSA) is 121 Å². The Labute approximate surface area is 149 Å². The first-order chi connectivity index (χ1) is 12.6. The zero-order valence-electron chi connectivity index (χ0n) is 14.2. The zero-order chi connectivity index (χ0) is 18.1. The van der Waals surface area contributed by atoms with Gasteiger partial charge in [-0.2, -0.15) is 0 Å². The molecule has 0 radical (unpaired) electrons. The summed E-state index contributed by atoms with van der Waals surface area (Å²) < 4.78 is 7.49. The van der Waals surface area contributed by atoms with E-state index in [4.69, 9.17) is 10.5 Å². The lowest BCUT2D eigenvalue weighted by Crippen LogP contribution is -2.40. The summed E-state index contributed by atoms with van der Waals surface area (Å²) >= 11 is 0. The molecule has 3 aromatic heterocycles. The number of carbonyl (C=O) groups excluding carboxylic acids is 1. The predicted molar refractivity (Wildman–Crippen MR) is 93.9 cm³/mol. The fourth-order valence-electron chi connectivity index (χ4n) is 3.19. The Morgan fingerprint density at radius 3 is 3.12 bits per heavy atom. The Bertz CT molecular complexity index is 927. The van der Waals surface area contributed by atoms with Crippen molar-refractivity contribution < 1.29 is 9.53 Å². The molecule has 4 rings (SSSR count). The van der Waals surface area contributed by atoms with E-state index in [-0.39, 0.29) is 18.1 Å². The van der Waals surface area contributed by atoms with Crippen molar-refractivity contribution >= 4 is 22.9 Å². The highest BCUT2D eigenvalue weighted by Crippen LogP contribution is 2.29. The lowest BCUT2D eigenvalue weighted by Gasteiger charge is -2.22. The van der Waals surface area contributed by atoms with Crippen LogP contribution in [0.1, 0.15) is 31.1 Å². The van der Waals surface area contributed by atoms with E-state index < -0.39 is 6.04 Å². The maximum Gasteiger partial charge on any atom is 0.243 e. The van der Waals surface area contributed by atoms with Crippen LogP contribution in [0.3, 0.4) is 0 Å². The van der Waals surface area contributed by atoms with Crippen molar-refractivity contribution in [1.82, 2.24) is 29.8 Å². The number of ether oxygens (including phenoxy) is 1. The molecular formula is C17H19N7O2. The SMILES string of the molecule is CC(C(=O)N[C@@H]1CCO[C@H]1c1cccnc1)n1cnc2c(N)ncnc21. The van der Waals surface area contributed by atoms with Gasteiger partial charge < -0.3 is 20.4 Å². The Morgan fingerprint density at radius 2 is 2.31 bits per heavy atom. The van der Waals surface area contributed by atoms with Crippen molar-refractivity contribution in [2.45, 2.75) is 31.5 Å². The number of imidazole rings is 1. The minimum absolute atomic E-state index is 0.108. The molecule has 134 valence electrons. The summed E-state index contributed by atoms with van der Waals surface area (Å²) in [6.45, 7) is 2.39. The summed E-state index contributed by atoms with van der Waals surface area (Å²) in [7, 11) is 0. The van der Waals surface area contributed by atoms with E-state index in [9.17, 15) is 4.79 Å². The summed E-state index contributed by atoms with van der Waals surface area (Å²) in [6, 6.07) is 3.21. The van der Waals surface area contributed by atoms with Crippen molar-refractivity contribution in [2.24, 2.45) is 0 Å². The van der Waals surface area contributed by atoms with Gasteiger partial charge in [0.05, 0.1) is 12.4 Å². The number of nitrogens with one attached hydrogen (secondary N) is 1. The quantitative estimate of drug-likeness (QED) is 0.718. The minimum Gasteiger partial charge on any atom is -0.382 e. The number of carbonyl (C=O) groups is 1. The van der Waals surface area contributed by atoms with Crippen LogP contribution in [-0.2, 0) is 9.53 Å². The van der Waals surface area contributed by atoms with Crippen LogP contribution in [0.25, 0.3) is 11.2 Å². The second kappa shape index (κ2) is 6.68. The molecule has 4 heterocycles. The molecule has 0 saturated carbocycles. The molecule has 1 aliphatic heterocycles. The first kappa shape index (κ1) is 16.4. The normalized spacial score (nSPS) is 21.0. The Balaban J connectivity index is 1.53. The van der Waals surface area contributed by atoms with Gasteiger partial charge in [-0.25, -0.2) is 15.0 Å². The van der Waals surface area contributed by atoms with Gasteiger partial charge in [0.15, 0.2) is 11.5 Å². The number of anilines is 1. The molecule has 1 amide bonds. The van der Waals surface area contributed by atoms with Gasteiger partial charge >= 0.3 is 0 Å². The molecule has 0 aliphatic carbocycles. The average Bonchev–Trinajstić information content (AvgIpc) is 3.29. The van der Waals surface area contributed by atoms with Crippen LogP contribution in [0.4, 0.5) is 5.82 Å². The van der Waals surface area contributed by atoms with Crippen LogP contribution in [0.15, 0.2) is 37.2 Å². The van der Waals surface area contributed by atoms with E-state index in [0.29, 0.717) is 23.6 Å². The van der Waals surface area contributed by atoms with Gasteiger partial charge in [0, 0.05) is 24.6 Å². The fraction of sp³-hybridized carbons (Fsp3) is 0.353. The molecule has 3 N–H and O–H groups in total. The molecule has 26 heavy (non-hydrogen) atoms.